The van der Waals surface area contributed by atoms with Gasteiger partial charge in [-0.3, -0.25) is 14.5 Å². The van der Waals surface area contributed by atoms with E-state index in [1.807, 2.05) is 6.07 Å². The quantitative estimate of drug-likeness (QED) is 0.793. The predicted molar refractivity (Wildman–Crippen MR) is 82.9 cm³/mol. The van der Waals surface area contributed by atoms with Crippen molar-refractivity contribution >= 4 is 33.8 Å². The fourth-order valence-electron chi connectivity index (χ4n) is 2.48. The Balaban J connectivity index is 1.79. The molecule has 1 aliphatic carbocycles. The molecule has 0 spiro atoms. The van der Waals surface area contributed by atoms with Gasteiger partial charge in [0.1, 0.15) is 12.1 Å². The highest BCUT2D eigenvalue weighted by Gasteiger charge is 2.49. The second kappa shape index (κ2) is 5.39. The Morgan fingerprint density at radius 2 is 2.18 bits per heavy atom. The number of hydrogen-bond donors (Lipinski definition) is 2. The molecule has 116 valence electrons. The molecule has 1 aromatic carbocycles. The molecule has 1 aromatic rings. The van der Waals surface area contributed by atoms with Gasteiger partial charge in [0, 0.05) is 10.5 Å². The molecule has 1 unspecified atom stereocenters. The topological polar surface area (TPSA) is 78.5 Å². The summed E-state index contributed by atoms with van der Waals surface area (Å²) in [6, 6.07) is 6.85. The molecule has 7 heteroatoms. The van der Waals surface area contributed by atoms with Crippen LogP contribution in [-0.4, -0.2) is 35.3 Å². The van der Waals surface area contributed by atoms with Gasteiger partial charge in [0.15, 0.2) is 0 Å². The van der Waals surface area contributed by atoms with E-state index in [0.29, 0.717) is 5.56 Å². The zero-order valence-electron chi connectivity index (χ0n) is 12.1. The fraction of sp³-hybridized carbons (Fsp3) is 0.400. The largest absolute Gasteiger partial charge is 0.352 e. The lowest BCUT2D eigenvalue weighted by Gasteiger charge is -2.22. The molecule has 0 bridgehead atoms. The molecule has 0 aromatic heterocycles. The van der Waals surface area contributed by atoms with Crippen LogP contribution in [-0.2, 0) is 15.1 Å². The third kappa shape index (κ3) is 2.72. The van der Waals surface area contributed by atoms with Crippen LogP contribution in [0.15, 0.2) is 28.7 Å². The van der Waals surface area contributed by atoms with Gasteiger partial charge >= 0.3 is 6.03 Å². The fourth-order valence-corrected chi connectivity index (χ4v) is 2.88. The smallest absolute Gasteiger partial charge is 0.325 e. The summed E-state index contributed by atoms with van der Waals surface area (Å²) in [5.41, 5.74) is -0.480. The van der Waals surface area contributed by atoms with Crippen LogP contribution in [0.25, 0.3) is 0 Å². The van der Waals surface area contributed by atoms with Gasteiger partial charge < -0.3 is 10.6 Å². The van der Waals surface area contributed by atoms with Crippen molar-refractivity contribution < 1.29 is 14.4 Å². The molecule has 1 saturated heterocycles. The molecule has 0 radical (unpaired) electrons. The second-order valence-corrected chi connectivity index (χ2v) is 6.71. The number of imide groups is 1. The van der Waals surface area contributed by atoms with E-state index >= 15 is 0 Å². The number of hydrogen-bond acceptors (Lipinski definition) is 3. The molecule has 1 atom stereocenters. The van der Waals surface area contributed by atoms with E-state index < -0.39 is 17.5 Å². The molecule has 3 rings (SSSR count). The van der Waals surface area contributed by atoms with Crippen LogP contribution < -0.4 is 10.6 Å². The number of amides is 4. The van der Waals surface area contributed by atoms with E-state index in [0.717, 1.165) is 22.2 Å². The van der Waals surface area contributed by atoms with E-state index in [9.17, 15) is 14.4 Å². The summed E-state index contributed by atoms with van der Waals surface area (Å²) < 4.78 is 0.818. The van der Waals surface area contributed by atoms with Crippen molar-refractivity contribution in [1.29, 1.82) is 0 Å². The summed E-state index contributed by atoms with van der Waals surface area (Å²) in [5, 5.41) is 5.46. The Kier molecular flexibility index (Phi) is 3.68. The summed E-state index contributed by atoms with van der Waals surface area (Å²) in [7, 11) is 0. The lowest BCUT2D eigenvalue weighted by molar-refractivity contribution is -0.134. The standard InChI is InChI=1S/C15H16BrN3O3/c1-15(9-3-2-4-10(16)7-9)13(21)19(14(22)18-15)8-12(20)17-11-5-6-11/h2-4,7,11H,5-6,8H2,1H3,(H,17,20)(H,18,22). The Morgan fingerprint density at radius 3 is 2.82 bits per heavy atom. The van der Waals surface area contributed by atoms with Crippen LogP contribution in [0.5, 0.6) is 0 Å². The number of carbonyl (C=O) groups excluding carboxylic acids is 3. The van der Waals surface area contributed by atoms with Crippen LogP contribution in [0.4, 0.5) is 4.79 Å². The summed E-state index contributed by atoms with van der Waals surface area (Å²) in [6.07, 6.45) is 1.92. The van der Waals surface area contributed by atoms with Crippen LogP contribution in [0.2, 0.25) is 0 Å². The van der Waals surface area contributed by atoms with Gasteiger partial charge in [-0.1, -0.05) is 28.1 Å². The lowest BCUT2D eigenvalue weighted by atomic mass is 9.92. The van der Waals surface area contributed by atoms with Crippen molar-refractivity contribution in [2.75, 3.05) is 6.54 Å². The van der Waals surface area contributed by atoms with Crippen molar-refractivity contribution in [3.05, 3.63) is 34.3 Å². The van der Waals surface area contributed by atoms with Crippen molar-refractivity contribution in [2.45, 2.75) is 31.3 Å². The zero-order valence-corrected chi connectivity index (χ0v) is 13.6. The minimum Gasteiger partial charge on any atom is -0.352 e. The molecule has 6 nitrogen and oxygen atoms in total. The monoisotopic (exact) mass is 365 g/mol. The Hall–Kier alpha value is -1.89. The summed E-state index contributed by atoms with van der Waals surface area (Å²) in [6.45, 7) is 1.40. The molecular formula is C15H16BrN3O3. The first-order chi connectivity index (χ1) is 10.4. The minimum absolute atomic E-state index is 0.199. The van der Waals surface area contributed by atoms with Crippen molar-refractivity contribution in [3.8, 4) is 0 Å². The Morgan fingerprint density at radius 1 is 1.45 bits per heavy atom. The first-order valence-electron chi connectivity index (χ1n) is 7.09. The molecule has 1 aliphatic heterocycles. The molecule has 2 aliphatic rings. The van der Waals surface area contributed by atoms with Crippen LogP contribution in [0.3, 0.4) is 0 Å². The number of carbonyl (C=O) groups is 3. The summed E-state index contributed by atoms with van der Waals surface area (Å²) >= 11 is 3.36. The van der Waals surface area contributed by atoms with Crippen LogP contribution in [0.1, 0.15) is 25.3 Å². The third-order valence-electron chi connectivity index (χ3n) is 3.92. The highest BCUT2D eigenvalue weighted by atomic mass is 79.9. The normalized spacial score (nSPS) is 24.4. The molecule has 2 N–H and O–H groups in total. The second-order valence-electron chi connectivity index (χ2n) is 5.80. The first-order valence-corrected chi connectivity index (χ1v) is 7.89. The van der Waals surface area contributed by atoms with E-state index in [1.54, 1.807) is 25.1 Å². The number of nitrogens with one attached hydrogen (secondary N) is 2. The lowest BCUT2D eigenvalue weighted by Crippen LogP contribution is -2.43. The van der Waals surface area contributed by atoms with Gasteiger partial charge in [0.25, 0.3) is 5.91 Å². The average Bonchev–Trinajstić information content (AvgIpc) is 3.24. The van der Waals surface area contributed by atoms with Crippen LogP contribution in [0, 0.1) is 0 Å². The van der Waals surface area contributed by atoms with E-state index in [1.165, 1.54) is 0 Å². The average molecular weight is 366 g/mol. The van der Waals surface area contributed by atoms with Gasteiger partial charge in [0.2, 0.25) is 5.91 Å². The Labute approximate surface area is 136 Å². The molecule has 22 heavy (non-hydrogen) atoms. The Bertz CT molecular complexity index is 659. The van der Waals surface area contributed by atoms with E-state index in [2.05, 4.69) is 26.6 Å². The van der Waals surface area contributed by atoms with Crippen LogP contribution >= 0.6 is 15.9 Å². The van der Waals surface area contributed by atoms with E-state index in [4.69, 9.17) is 0 Å². The van der Waals surface area contributed by atoms with Gasteiger partial charge in [-0.15, -0.1) is 0 Å². The van der Waals surface area contributed by atoms with Crippen molar-refractivity contribution in [2.24, 2.45) is 0 Å². The van der Waals surface area contributed by atoms with Gasteiger partial charge in [-0.25, -0.2) is 4.79 Å². The number of urea groups is 1. The third-order valence-corrected chi connectivity index (χ3v) is 4.41. The summed E-state index contributed by atoms with van der Waals surface area (Å²) in [4.78, 5) is 37.6. The number of benzene rings is 1. The predicted octanol–water partition coefficient (Wildman–Crippen LogP) is 1.49. The maximum absolute atomic E-state index is 12.6. The number of halogens is 1. The zero-order chi connectivity index (χ0) is 15.9. The first kappa shape index (κ1) is 15.0. The molecule has 1 heterocycles. The number of nitrogens with zero attached hydrogens (tertiary/aromatic N) is 1. The minimum atomic E-state index is -1.15. The maximum atomic E-state index is 12.6. The van der Waals surface area contributed by atoms with Gasteiger partial charge in [-0.2, -0.15) is 0 Å². The maximum Gasteiger partial charge on any atom is 0.325 e. The molecule has 2 fully saturated rings. The molecule has 1 saturated carbocycles. The van der Waals surface area contributed by atoms with E-state index in [-0.39, 0.29) is 18.5 Å². The molecule has 4 amide bonds. The highest BCUT2D eigenvalue weighted by Crippen LogP contribution is 2.30. The summed E-state index contributed by atoms with van der Waals surface area (Å²) in [5.74, 6) is -0.717. The molecular weight excluding hydrogens is 350 g/mol. The van der Waals surface area contributed by atoms with Crippen molar-refractivity contribution in [3.63, 3.8) is 0 Å². The van der Waals surface area contributed by atoms with Crippen molar-refractivity contribution in [1.82, 2.24) is 15.5 Å². The van der Waals surface area contributed by atoms with Gasteiger partial charge in [-0.05, 0) is 37.5 Å². The number of rotatable bonds is 4. The highest BCUT2D eigenvalue weighted by molar-refractivity contribution is 9.10. The SMILES string of the molecule is CC1(c2cccc(Br)c2)NC(=O)N(CC(=O)NC2CC2)C1=O. The van der Waals surface area contributed by atoms with Gasteiger partial charge in [0.05, 0.1) is 0 Å².